The Morgan fingerprint density at radius 1 is 1.12 bits per heavy atom. The summed E-state index contributed by atoms with van der Waals surface area (Å²) in [5, 5.41) is 10.1. The van der Waals surface area contributed by atoms with Gasteiger partial charge >= 0.3 is 0 Å². The summed E-state index contributed by atoms with van der Waals surface area (Å²) in [6, 6.07) is 14.1. The Labute approximate surface area is 149 Å². The van der Waals surface area contributed by atoms with E-state index in [0.29, 0.717) is 33.6 Å². The summed E-state index contributed by atoms with van der Waals surface area (Å²) in [6.07, 6.45) is 0. The Balaban J connectivity index is 1.85. The molecule has 0 unspecified atom stereocenters. The molecule has 2 N–H and O–H groups in total. The summed E-state index contributed by atoms with van der Waals surface area (Å²) in [5.74, 6) is 0.941. The van der Waals surface area contributed by atoms with Crippen LogP contribution in [0.3, 0.4) is 0 Å². The number of aromatic nitrogens is 2. The Morgan fingerprint density at radius 3 is 2.64 bits per heavy atom. The number of H-pyrrole nitrogens is 1. The normalized spacial score (nSPS) is 10.4. The Bertz CT molecular complexity index is 908. The average Bonchev–Trinajstić information content (AvgIpc) is 3.13. The number of nitrogens with one attached hydrogen (secondary N) is 2. The lowest BCUT2D eigenvalue weighted by Crippen LogP contribution is -2.12. The van der Waals surface area contributed by atoms with Crippen LogP contribution in [0, 0.1) is 0 Å². The van der Waals surface area contributed by atoms with Gasteiger partial charge in [0.05, 0.1) is 30.6 Å². The third-order valence-electron chi connectivity index (χ3n) is 3.63. The van der Waals surface area contributed by atoms with Gasteiger partial charge in [0, 0.05) is 11.6 Å². The van der Waals surface area contributed by atoms with Crippen LogP contribution in [-0.2, 0) is 0 Å². The molecule has 0 saturated carbocycles. The van der Waals surface area contributed by atoms with E-state index in [-0.39, 0.29) is 5.91 Å². The molecule has 3 aromatic rings. The van der Waals surface area contributed by atoms with Crippen LogP contribution in [0.5, 0.6) is 11.5 Å². The van der Waals surface area contributed by atoms with Crippen LogP contribution < -0.4 is 14.8 Å². The number of rotatable bonds is 5. The van der Waals surface area contributed by atoms with E-state index in [2.05, 4.69) is 15.5 Å². The van der Waals surface area contributed by atoms with Gasteiger partial charge in [-0.3, -0.25) is 9.89 Å². The fourth-order valence-electron chi connectivity index (χ4n) is 2.34. The molecule has 128 valence electrons. The van der Waals surface area contributed by atoms with Gasteiger partial charge in [0.2, 0.25) is 0 Å². The van der Waals surface area contributed by atoms with E-state index in [1.807, 2.05) is 6.07 Å². The molecule has 0 aliphatic heterocycles. The minimum Gasteiger partial charge on any atom is -0.497 e. The summed E-state index contributed by atoms with van der Waals surface area (Å²) >= 11 is 6.06. The molecule has 7 heteroatoms. The first-order chi connectivity index (χ1) is 12.1. The van der Waals surface area contributed by atoms with Crippen molar-refractivity contribution in [2.45, 2.75) is 0 Å². The fraction of sp³-hybridized carbons (Fsp3) is 0.111. The Kier molecular flexibility index (Phi) is 4.90. The monoisotopic (exact) mass is 357 g/mol. The Hall–Kier alpha value is -2.99. The van der Waals surface area contributed by atoms with Gasteiger partial charge in [0.25, 0.3) is 5.91 Å². The van der Waals surface area contributed by atoms with Crippen molar-refractivity contribution in [3.05, 3.63) is 59.2 Å². The van der Waals surface area contributed by atoms with Crippen molar-refractivity contribution < 1.29 is 14.3 Å². The molecule has 2 aromatic carbocycles. The van der Waals surface area contributed by atoms with Crippen molar-refractivity contribution in [1.29, 1.82) is 0 Å². The highest BCUT2D eigenvalue weighted by Gasteiger charge is 2.15. The summed E-state index contributed by atoms with van der Waals surface area (Å²) in [7, 11) is 3.15. The molecule has 6 nitrogen and oxygen atoms in total. The standard InChI is InChI=1S/C18H16ClN3O3/c1-24-11-7-8-12(17(9-11)25-2)15-10-16(22-21-15)18(23)20-14-6-4-3-5-13(14)19/h3-10H,1-2H3,(H,20,23)(H,21,22). The molecule has 0 spiro atoms. The van der Waals surface area contributed by atoms with Crippen LogP contribution in [0.25, 0.3) is 11.3 Å². The Morgan fingerprint density at radius 2 is 1.92 bits per heavy atom. The summed E-state index contributed by atoms with van der Waals surface area (Å²) in [6.45, 7) is 0. The van der Waals surface area contributed by atoms with E-state index in [9.17, 15) is 4.79 Å². The molecular formula is C18H16ClN3O3. The van der Waals surface area contributed by atoms with E-state index in [1.54, 1.807) is 56.7 Å². The molecule has 0 fully saturated rings. The van der Waals surface area contributed by atoms with Gasteiger partial charge in [-0.2, -0.15) is 5.10 Å². The third-order valence-corrected chi connectivity index (χ3v) is 3.96. The molecular weight excluding hydrogens is 342 g/mol. The van der Waals surface area contributed by atoms with Crippen LogP contribution >= 0.6 is 11.6 Å². The first-order valence-electron chi connectivity index (χ1n) is 7.46. The number of methoxy groups -OCH3 is 2. The zero-order chi connectivity index (χ0) is 17.8. The zero-order valence-corrected chi connectivity index (χ0v) is 14.4. The lowest BCUT2D eigenvalue weighted by Gasteiger charge is -2.08. The predicted molar refractivity (Wildman–Crippen MR) is 96.5 cm³/mol. The summed E-state index contributed by atoms with van der Waals surface area (Å²) < 4.78 is 10.6. The van der Waals surface area contributed by atoms with Crippen molar-refractivity contribution >= 4 is 23.2 Å². The van der Waals surface area contributed by atoms with Gasteiger partial charge in [-0.25, -0.2) is 0 Å². The van der Waals surface area contributed by atoms with E-state index in [1.165, 1.54) is 0 Å². The number of carbonyl (C=O) groups is 1. The van der Waals surface area contributed by atoms with Crippen molar-refractivity contribution in [3.8, 4) is 22.8 Å². The molecule has 3 rings (SSSR count). The maximum Gasteiger partial charge on any atom is 0.273 e. The largest absolute Gasteiger partial charge is 0.497 e. The van der Waals surface area contributed by atoms with Crippen molar-refractivity contribution in [3.63, 3.8) is 0 Å². The smallest absolute Gasteiger partial charge is 0.273 e. The molecule has 1 aromatic heterocycles. The number of para-hydroxylation sites is 1. The second kappa shape index (κ2) is 7.27. The first kappa shape index (κ1) is 16.9. The van der Waals surface area contributed by atoms with Crippen molar-refractivity contribution in [2.75, 3.05) is 19.5 Å². The van der Waals surface area contributed by atoms with Gasteiger partial charge in [-0.15, -0.1) is 0 Å². The van der Waals surface area contributed by atoms with Crippen molar-refractivity contribution in [1.82, 2.24) is 10.2 Å². The average molecular weight is 358 g/mol. The molecule has 0 aliphatic rings. The van der Waals surface area contributed by atoms with Gasteiger partial charge in [-0.1, -0.05) is 23.7 Å². The number of aromatic amines is 1. The van der Waals surface area contributed by atoms with Gasteiger partial charge < -0.3 is 14.8 Å². The van der Waals surface area contributed by atoms with E-state index in [0.717, 1.165) is 5.56 Å². The lowest BCUT2D eigenvalue weighted by molar-refractivity contribution is 0.102. The minimum absolute atomic E-state index is 0.313. The highest BCUT2D eigenvalue weighted by molar-refractivity contribution is 6.33. The number of hydrogen-bond acceptors (Lipinski definition) is 4. The summed E-state index contributed by atoms with van der Waals surface area (Å²) in [4.78, 5) is 12.4. The van der Waals surface area contributed by atoms with Crippen molar-refractivity contribution in [2.24, 2.45) is 0 Å². The van der Waals surface area contributed by atoms with Gasteiger partial charge in [0.15, 0.2) is 0 Å². The maximum absolute atomic E-state index is 12.4. The zero-order valence-electron chi connectivity index (χ0n) is 13.7. The maximum atomic E-state index is 12.4. The SMILES string of the molecule is COc1ccc(-c2cc(C(=O)Nc3ccccc3Cl)[nH]n2)c(OC)c1. The number of nitrogens with zero attached hydrogens (tertiary/aromatic N) is 1. The quantitative estimate of drug-likeness (QED) is 0.723. The highest BCUT2D eigenvalue weighted by Crippen LogP contribution is 2.32. The van der Waals surface area contributed by atoms with Crippen LogP contribution in [0.2, 0.25) is 5.02 Å². The molecule has 1 heterocycles. The number of benzene rings is 2. The van der Waals surface area contributed by atoms with E-state index < -0.39 is 0 Å². The molecule has 25 heavy (non-hydrogen) atoms. The third kappa shape index (κ3) is 3.59. The molecule has 0 aliphatic carbocycles. The number of hydrogen-bond donors (Lipinski definition) is 2. The first-order valence-corrected chi connectivity index (χ1v) is 7.84. The second-order valence-corrected chi connectivity index (χ2v) is 5.57. The number of amides is 1. The molecule has 0 saturated heterocycles. The number of carbonyl (C=O) groups excluding carboxylic acids is 1. The minimum atomic E-state index is -0.334. The fourth-order valence-corrected chi connectivity index (χ4v) is 2.52. The van der Waals surface area contributed by atoms with Gasteiger partial charge in [-0.05, 0) is 30.3 Å². The molecule has 0 bridgehead atoms. The molecule has 0 atom stereocenters. The molecule has 1 amide bonds. The summed E-state index contributed by atoms with van der Waals surface area (Å²) in [5.41, 5.74) is 2.18. The van der Waals surface area contributed by atoms with Crippen LogP contribution in [0.1, 0.15) is 10.5 Å². The number of anilines is 1. The lowest BCUT2D eigenvalue weighted by atomic mass is 10.1. The van der Waals surface area contributed by atoms with Gasteiger partial charge in [0.1, 0.15) is 17.2 Å². The van der Waals surface area contributed by atoms with Crippen LogP contribution in [-0.4, -0.2) is 30.3 Å². The predicted octanol–water partition coefficient (Wildman–Crippen LogP) is 4.00. The second-order valence-electron chi connectivity index (χ2n) is 5.17. The topological polar surface area (TPSA) is 76.2 Å². The van der Waals surface area contributed by atoms with E-state index in [4.69, 9.17) is 21.1 Å². The van der Waals surface area contributed by atoms with Crippen LogP contribution in [0.15, 0.2) is 48.5 Å². The van der Waals surface area contributed by atoms with E-state index >= 15 is 0 Å². The molecule has 0 radical (unpaired) electrons. The van der Waals surface area contributed by atoms with Crippen LogP contribution in [0.4, 0.5) is 5.69 Å². The highest BCUT2D eigenvalue weighted by atomic mass is 35.5. The number of halogens is 1. The number of ether oxygens (including phenoxy) is 2.